The van der Waals surface area contributed by atoms with E-state index in [-0.39, 0.29) is 63.3 Å². The van der Waals surface area contributed by atoms with Crippen LogP contribution in [0.4, 0.5) is 69.0 Å². The molecular formula is C108H139N27O6. The van der Waals surface area contributed by atoms with E-state index in [1.165, 1.54) is 24.2 Å². The third-order valence-corrected chi connectivity index (χ3v) is 34.6. The van der Waals surface area contributed by atoms with Crippen LogP contribution in [0.3, 0.4) is 0 Å². The van der Waals surface area contributed by atoms with Gasteiger partial charge in [0, 0.05) is 226 Å². The molecule has 3 aliphatic carbocycles. The van der Waals surface area contributed by atoms with Crippen LogP contribution in [-0.2, 0) is 14.2 Å². The minimum absolute atomic E-state index is 0.0593. The second kappa shape index (κ2) is 40.4. The highest BCUT2D eigenvalue weighted by atomic mass is 16.5. The summed E-state index contributed by atoms with van der Waals surface area (Å²) < 4.78 is 17.2. The molecule has 141 heavy (non-hydrogen) atoms. The van der Waals surface area contributed by atoms with Crippen LogP contribution < -0.4 is 63.0 Å². The van der Waals surface area contributed by atoms with Gasteiger partial charge in [0.2, 0.25) is 0 Å². The number of hydrogen-bond donors (Lipinski definition) is 9. The summed E-state index contributed by atoms with van der Waals surface area (Å²) in [4.78, 5) is 111. The molecule has 3 aromatic carbocycles. The van der Waals surface area contributed by atoms with Gasteiger partial charge in [-0.05, 0) is 292 Å². The summed E-state index contributed by atoms with van der Waals surface area (Å²) in [6.07, 6.45) is 29.0. The minimum atomic E-state index is -0.668. The van der Waals surface area contributed by atoms with Gasteiger partial charge >= 0.3 is 0 Å². The Labute approximate surface area is 827 Å². The lowest BCUT2D eigenvalue weighted by Gasteiger charge is -2.57. The molecule has 5 spiro atoms. The van der Waals surface area contributed by atoms with Crippen molar-refractivity contribution in [3.8, 4) is 34.2 Å². The normalized spacial score (nSPS) is 23.5. The van der Waals surface area contributed by atoms with Gasteiger partial charge in [0.05, 0.1) is 43.6 Å². The molecule has 0 radical (unpaired) electrons. The fraction of sp³-hybridized carbons (Fsp3) is 0.556. The number of hydrogen-bond acceptors (Lipinski definition) is 30. The maximum absolute atomic E-state index is 15.0. The summed E-state index contributed by atoms with van der Waals surface area (Å²) in [7, 11) is 2.23. The lowest BCUT2D eigenvalue weighted by molar-refractivity contribution is -0.131. The summed E-state index contributed by atoms with van der Waals surface area (Å²) in [6.45, 7) is 24.3. The molecule has 33 nitrogen and oxygen atoms in total. The first kappa shape index (κ1) is 93.3. The van der Waals surface area contributed by atoms with Crippen LogP contribution in [0.25, 0.3) is 34.2 Å². The van der Waals surface area contributed by atoms with Crippen LogP contribution >= 0.6 is 0 Å². The Kier molecular flexibility index (Phi) is 26.7. The third-order valence-electron chi connectivity index (χ3n) is 34.6. The number of nitrogens with zero attached hydrogens (tertiary/aromatic N) is 18. The quantitative estimate of drug-likeness (QED) is 0.0220. The van der Waals surface area contributed by atoms with Gasteiger partial charge in [0.15, 0.2) is 52.0 Å². The second-order valence-corrected chi connectivity index (χ2v) is 43.9. The number of carbonyl (C=O) groups is 3. The molecule has 33 heteroatoms. The van der Waals surface area contributed by atoms with E-state index in [2.05, 4.69) is 159 Å². The predicted molar refractivity (Wildman–Crippen MR) is 550 cm³/mol. The molecule has 6 aromatic heterocycles. The van der Waals surface area contributed by atoms with Gasteiger partial charge in [0.1, 0.15) is 17.1 Å². The fourth-order valence-corrected chi connectivity index (χ4v) is 25.8. The fourth-order valence-electron chi connectivity index (χ4n) is 25.8. The molecule has 17 heterocycles. The van der Waals surface area contributed by atoms with E-state index in [0.29, 0.717) is 111 Å². The number of piperazine rings is 1. The first-order valence-corrected chi connectivity index (χ1v) is 52.6. The topological polar surface area (TPSA) is 346 Å². The lowest BCUT2D eigenvalue weighted by Crippen LogP contribution is -2.64. The maximum atomic E-state index is 15.0. The molecule has 3 amide bonds. The number of carbonyl (C=O) groups excluding carboxylic acids is 3. The average Bonchev–Trinajstić information content (AvgIpc) is 0.877. The monoisotopic (exact) mass is 1910 g/mol. The highest BCUT2D eigenvalue weighted by Gasteiger charge is 2.51. The van der Waals surface area contributed by atoms with Crippen molar-refractivity contribution >= 4 is 86.8 Å². The minimum Gasteiger partial charge on any atom is -0.381 e. The highest BCUT2D eigenvalue weighted by Crippen LogP contribution is 2.53. The van der Waals surface area contributed by atoms with Crippen molar-refractivity contribution in [3.05, 3.63) is 163 Å². The Morgan fingerprint density at radius 2 is 0.716 bits per heavy atom. The van der Waals surface area contributed by atoms with Crippen LogP contribution in [-0.4, -0.2) is 306 Å². The lowest BCUT2D eigenvalue weighted by atomic mass is 9.61. The number of primary amides is 1. The van der Waals surface area contributed by atoms with Gasteiger partial charge < -0.3 is 87.0 Å². The van der Waals surface area contributed by atoms with Crippen LogP contribution in [0, 0.1) is 27.1 Å². The molecule has 3 saturated carbocycles. The number of ether oxygens (including phenoxy) is 3. The van der Waals surface area contributed by atoms with Gasteiger partial charge in [-0.25, -0.2) is 29.9 Å². The molecule has 0 unspecified atom stereocenters. The molecule has 9 aromatic rings. The number of anilines is 12. The standard InChI is InChI=1S/C108H139N27O6/c1-127-54-56-134(57-55-127)84-27-46-131(47-28-84)81-21-13-75(14-22-81)116-100-94(122-90(87-9-3-6-42-111-87)96(125-100)118-77-23-31-108(32-24-77)70-141-71-108)103(138)114-73-129-66-106(67-129)35-52-133(53-36-106)83-25-44-130(45-26-83)80-19-15-76(16-20-80)117-101-93(123-91(88-10-4-7-43-112-88)98(126-101)120-79-64-105(65-79)39-60-140-61-40-105)102(137)113-72-128-50-33-107(34-51-128)68-135(69-107)85-29-48-132(49-30-85)82-17-11-74(12-18-82)115-99-92(95(109)136)121-89(86-8-2-5-41-110-86)97(124-99)119-78-62-104(63-78)37-58-139-59-38-104/h2-22,41-43,77-79,83-85H,23-40,44-73H2,1H3,(H2,109,136)(H,113,137)(H,114,138)(H2,115,119,124)(H2,116,118,125)(H2,117,120,126). The number of likely N-dealkylation sites (tertiary alicyclic amines) is 4. The van der Waals surface area contributed by atoms with Crippen molar-refractivity contribution in [2.24, 2.45) is 32.8 Å². The van der Waals surface area contributed by atoms with Gasteiger partial charge in [0.25, 0.3) is 17.7 Å². The Bertz CT molecular complexity index is 5810. The maximum Gasteiger partial charge on any atom is 0.274 e. The summed E-state index contributed by atoms with van der Waals surface area (Å²) >= 11 is 0. The number of nitrogens with one attached hydrogen (secondary N) is 8. The zero-order valence-corrected chi connectivity index (χ0v) is 81.8. The SMILES string of the molecule is CN1CCN(C2CCN(c3ccc(Nc4nc(NC5CCC6(CC5)COC6)c(-c5ccccn5)nc4C(=O)NCN4CC5(CCN(C6CCN(c7ccc(Nc8nc(NC9CC%10(CCOCC%10)C9)c(-c9ccccn9)nc8C(=O)NCN8CCC9(CC8)CN(C8CCN(c%10ccc(Nc%11nc(NC%12CC%13(CCOCC%13)C%12)c(-c%12ccccn%12)nc%11C(N)=O)cc%10)CC8)C9)cc7)CC6)CC5)C4)cc3)CC2)CC1. The van der Waals surface area contributed by atoms with E-state index >= 15 is 4.79 Å². The van der Waals surface area contributed by atoms with E-state index in [1.54, 1.807) is 18.6 Å². The van der Waals surface area contributed by atoms with Gasteiger partial charge in [-0.2, -0.15) is 0 Å². The van der Waals surface area contributed by atoms with Crippen LogP contribution in [0.2, 0.25) is 0 Å². The molecule has 742 valence electrons. The molecular weight excluding hydrogens is 1770 g/mol. The van der Waals surface area contributed by atoms with Crippen molar-refractivity contribution < 1.29 is 28.6 Å². The number of pyridine rings is 3. The summed E-state index contributed by atoms with van der Waals surface area (Å²) in [6, 6.07) is 45.2. The number of rotatable bonds is 28. The zero-order chi connectivity index (χ0) is 95.1. The third kappa shape index (κ3) is 20.6. The van der Waals surface area contributed by atoms with Gasteiger partial charge in [-0.3, -0.25) is 48.9 Å². The van der Waals surface area contributed by atoms with E-state index in [1.807, 2.05) is 66.7 Å². The van der Waals surface area contributed by atoms with Crippen molar-refractivity contribution in [2.45, 2.75) is 178 Å². The first-order valence-electron chi connectivity index (χ1n) is 52.6. The Morgan fingerprint density at radius 1 is 0.348 bits per heavy atom. The predicted octanol–water partition coefficient (Wildman–Crippen LogP) is 13.4. The van der Waals surface area contributed by atoms with Gasteiger partial charge in [-0.1, -0.05) is 18.2 Å². The van der Waals surface area contributed by atoms with E-state index in [9.17, 15) is 9.59 Å². The number of nitrogens with two attached hydrogens (primary N) is 1. The largest absolute Gasteiger partial charge is 0.381 e. The molecule has 10 N–H and O–H groups in total. The number of amides is 3. The van der Waals surface area contributed by atoms with Crippen LogP contribution in [0.1, 0.15) is 173 Å². The smallest absolute Gasteiger partial charge is 0.274 e. The molecule has 11 aliphatic heterocycles. The Hall–Kier alpha value is -11.4. The van der Waals surface area contributed by atoms with Crippen LogP contribution in [0.5, 0.6) is 0 Å². The summed E-state index contributed by atoms with van der Waals surface area (Å²) in [5, 5.41) is 28.6. The van der Waals surface area contributed by atoms with Gasteiger partial charge in [-0.15, -0.1) is 0 Å². The first-order chi connectivity index (χ1) is 69.0. The molecule has 0 atom stereocenters. The van der Waals surface area contributed by atoms with E-state index in [4.69, 9.17) is 59.8 Å². The summed E-state index contributed by atoms with van der Waals surface area (Å²) in [5.74, 6) is 1.72. The number of aromatic nitrogens is 9. The van der Waals surface area contributed by atoms with E-state index < -0.39 is 5.91 Å². The highest BCUT2D eigenvalue weighted by molar-refractivity contribution is 6.00. The molecule has 14 aliphatic rings. The Morgan fingerprint density at radius 3 is 1.11 bits per heavy atom. The zero-order valence-electron chi connectivity index (χ0n) is 81.8. The van der Waals surface area contributed by atoms with Crippen molar-refractivity contribution in [1.82, 2.24) is 84.9 Å². The number of benzene rings is 3. The average molecular weight is 1910 g/mol. The molecule has 0 bridgehead atoms. The van der Waals surface area contributed by atoms with Crippen molar-refractivity contribution in [2.75, 3.05) is 224 Å². The van der Waals surface area contributed by atoms with Crippen LogP contribution in [0.15, 0.2) is 146 Å². The van der Waals surface area contributed by atoms with E-state index in [0.717, 1.165) is 309 Å². The number of likely N-dealkylation sites (N-methyl/N-ethyl adjacent to an activating group) is 1. The molecule has 14 fully saturated rings. The summed E-state index contributed by atoms with van der Waals surface area (Å²) in [5.41, 5.74) is 17.5. The number of piperidine rings is 5. The molecule has 11 saturated heterocycles. The van der Waals surface area contributed by atoms with Crippen molar-refractivity contribution in [1.29, 1.82) is 0 Å². The second-order valence-electron chi connectivity index (χ2n) is 43.9. The molecule has 23 rings (SSSR count). The Balaban J connectivity index is 0.391. The van der Waals surface area contributed by atoms with Crippen molar-refractivity contribution in [3.63, 3.8) is 0 Å².